The summed E-state index contributed by atoms with van der Waals surface area (Å²) in [5.41, 5.74) is 8.75. The van der Waals surface area contributed by atoms with E-state index in [1.165, 1.54) is 47.6 Å². The van der Waals surface area contributed by atoms with Crippen LogP contribution in [0.3, 0.4) is 0 Å². The molecule has 0 saturated heterocycles. The Bertz CT molecular complexity index is 2000. The van der Waals surface area contributed by atoms with Gasteiger partial charge in [0.1, 0.15) is 11.6 Å². The van der Waals surface area contributed by atoms with E-state index in [2.05, 4.69) is 93.4 Å². The van der Waals surface area contributed by atoms with Crippen LogP contribution in [-0.4, -0.2) is 44.8 Å². The van der Waals surface area contributed by atoms with Crippen molar-refractivity contribution in [2.45, 2.75) is 77.0 Å². The molecule has 4 N–H and O–H groups in total. The van der Waals surface area contributed by atoms with Gasteiger partial charge in [0.05, 0.1) is 22.1 Å². The van der Waals surface area contributed by atoms with Crippen LogP contribution in [0.4, 0.5) is 0 Å². The predicted molar refractivity (Wildman–Crippen MR) is 201 cm³/mol. The van der Waals surface area contributed by atoms with Crippen LogP contribution in [0, 0.1) is 11.8 Å². The highest BCUT2D eigenvalue weighted by molar-refractivity contribution is 5.93. The number of rotatable bonds is 16. The number of unbranched alkanes of at least 4 members (excludes halogenated alkanes) is 2. The molecule has 0 unspecified atom stereocenters. The summed E-state index contributed by atoms with van der Waals surface area (Å²) in [5.74, 6) is 3.66. The maximum atomic E-state index is 11.9. The number of aryl methyl sites for hydroxylation is 2. The van der Waals surface area contributed by atoms with Gasteiger partial charge in [-0.3, -0.25) is 9.59 Å². The molecule has 2 fully saturated rings. The number of H-pyrrole nitrogens is 2. The van der Waals surface area contributed by atoms with Crippen molar-refractivity contribution in [1.29, 1.82) is 0 Å². The third-order valence-electron chi connectivity index (χ3n) is 10.2. The van der Waals surface area contributed by atoms with Crippen LogP contribution in [0.1, 0.15) is 75.9 Å². The van der Waals surface area contributed by atoms with Crippen molar-refractivity contribution in [2.24, 2.45) is 11.8 Å². The molecule has 2 aliphatic rings. The van der Waals surface area contributed by atoms with Gasteiger partial charge >= 0.3 is 0 Å². The summed E-state index contributed by atoms with van der Waals surface area (Å²) >= 11 is 0. The normalized spacial score (nSPS) is 14.5. The van der Waals surface area contributed by atoms with Crippen LogP contribution in [0.15, 0.2) is 72.8 Å². The van der Waals surface area contributed by atoms with Crippen molar-refractivity contribution in [3.8, 4) is 22.3 Å². The molecule has 8 heteroatoms. The monoisotopic (exact) mass is 666 g/mol. The van der Waals surface area contributed by atoms with Crippen molar-refractivity contribution < 1.29 is 9.59 Å². The minimum Gasteiger partial charge on any atom is -0.356 e. The van der Waals surface area contributed by atoms with Crippen LogP contribution in [0.5, 0.6) is 0 Å². The van der Waals surface area contributed by atoms with Gasteiger partial charge in [-0.25, -0.2) is 9.97 Å². The topological polar surface area (TPSA) is 116 Å². The van der Waals surface area contributed by atoms with Crippen LogP contribution in [0.25, 0.3) is 55.1 Å². The first-order chi connectivity index (χ1) is 24.5. The van der Waals surface area contributed by atoms with Crippen LogP contribution in [-0.2, 0) is 22.4 Å². The lowest BCUT2D eigenvalue weighted by Crippen LogP contribution is -2.24. The van der Waals surface area contributed by atoms with E-state index in [1.54, 1.807) is 0 Å². The second kappa shape index (κ2) is 14.5. The SMILES string of the molecule is O=C(CC1CC1)NCCCCc1nc2ccc(-c3ccc4cc(-c5ccc6nc(CCCCNC(=O)CC7CC7)[nH]c6c5)ccc4c3)cc2[nH]1. The van der Waals surface area contributed by atoms with Crippen molar-refractivity contribution in [3.63, 3.8) is 0 Å². The van der Waals surface area contributed by atoms with Gasteiger partial charge in [-0.05, 0) is 133 Å². The molecule has 8 nitrogen and oxygen atoms in total. The number of nitrogens with zero attached hydrogens (tertiary/aromatic N) is 2. The van der Waals surface area contributed by atoms with E-state index in [9.17, 15) is 9.59 Å². The number of nitrogens with one attached hydrogen (secondary N) is 4. The summed E-state index contributed by atoms with van der Waals surface area (Å²) in [5, 5.41) is 8.52. The molecular weight excluding hydrogens is 621 g/mol. The van der Waals surface area contributed by atoms with Gasteiger partial charge < -0.3 is 20.6 Å². The van der Waals surface area contributed by atoms with Crippen LogP contribution < -0.4 is 10.6 Å². The summed E-state index contributed by atoms with van der Waals surface area (Å²) in [4.78, 5) is 40.5. The maximum Gasteiger partial charge on any atom is 0.220 e. The van der Waals surface area contributed by atoms with E-state index in [0.717, 1.165) is 96.5 Å². The first kappa shape index (κ1) is 32.2. The molecule has 256 valence electrons. The number of fused-ring (bicyclic) bond motifs is 3. The summed E-state index contributed by atoms with van der Waals surface area (Å²) in [6, 6.07) is 26.2. The van der Waals surface area contributed by atoms with E-state index in [0.29, 0.717) is 24.7 Å². The number of amides is 2. The van der Waals surface area contributed by atoms with Crippen molar-refractivity contribution in [2.75, 3.05) is 13.1 Å². The fourth-order valence-electron chi connectivity index (χ4n) is 6.93. The minimum atomic E-state index is 0.199. The number of carbonyl (C=O) groups is 2. The first-order valence-electron chi connectivity index (χ1n) is 18.6. The third kappa shape index (κ3) is 8.07. The van der Waals surface area contributed by atoms with Gasteiger partial charge in [0.2, 0.25) is 11.8 Å². The smallest absolute Gasteiger partial charge is 0.220 e. The minimum absolute atomic E-state index is 0.199. The van der Waals surface area contributed by atoms with Crippen molar-refractivity contribution in [3.05, 3.63) is 84.4 Å². The summed E-state index contributed by atoms with van der Waals surface area (Å²) in [6.45, 7) is 1.48. The number of hydrogen-bond acceptors (Lipinski definition) is 4. The number of hydrogen-bond donors (Lipinski definition) is 4. The van der Waals surface area contributed by atoms with Crippen molar-refractivity contribution in [1.82, 2.24) is 30.6 Å². The molecule has 2 aromatic heterocycles. The molecule has 0 radical (unpaired) electrons. The zero-order valence-electron chi connectivity index (χ0n) is 28.7. The number of carbonyl (C=O) groups excluding carboxylic acids is 2. The summed E-state index contributed by atoms with van der Waals surface area (Å²) < 4.78 is 0. The van der Waals surface area contributed by atoms with Crippen LogP contribution in [0.2, 0.25) is 0 Å². The molecule has 8 rings (SSSR count). The zero-order valence-corrected chi connectivity index (χ0v) is 28.7. The number of aromatic amines is 2. The molecule has 0 aliphatic heterocycles. The lowest BCUT2D eigenvalue weighted by molar-refractivity contribution is -0.122. The van der Waals surface area contributed by atoms with E-state index in [4.69, 9.17) is 9.97 Å². The van der Waals surface area contributed by atoms with Gasteiger partial charge in [-0.2, -0.15) is 0 Å². The van der Waals surface area contributed by atoms with E-state index in [1.807, 2.05) is 0 Å². The second-order valence-electron chi connectivity index (χ2n) is 14.5. The highest BCUT2D eigenvalue weighted by Crippen LogP contribution is 2.33. The summed E-state index contributed by atoms with van der Waals surface area (Å²) in [7, 11) is 0. The first-order valence-corrected chi connectivity index (χ1v) is 18.6. The Morgan fingerprint density at radius 3 is 1.42 bits per heavy atom. The quantitative estimate of drug-likeness (QED) is 0.0777. The van der Waals surface area contributed by atoms with E-state index >= 15 is 0 Å². The number of benzene rings is 4. The number of imidazole rings is 2. The average Bonchev–Trinajstić information content (AvgIpc) is 4.04. The van der Waals surface area contributed by atoms with E-state index < -0.39 is 0 Å². The van der Waals surface area contributed by atoms with E-state index in [-0.39, 0.29) is 11.8 Å². The van der Waals surface area contributed by atoms with Crippen molar-refractivity contribution >= 4 is 44.7 Å². The molecule has 2 saturated carbocycles. The Kier molecular flexibility index (Phi) is 9.33. The van der Waals surface area contributed by atoms with Crippen LogP contribution >= 0.6 is 0 Å². The molecule has 4 aromatic carbocycles. The molecule has 0 bridgehead atoms. The fraction of sp³-hybridized carbons (Fsp3) is 0.381. The molecule has 6 aromatic rings. The Labute approximate surface area is 292 Å². The van der Waals surface area contributed by atoms with Gasteiger partial charge in [-0.1, -0.05) is 36.4 Å². The Morgan fingerprint density at radius 1 is 0.560 bits per heavy atom. The van der Waals surface area contributed by atoms with Gasteiger partial charge in [-0.15, -0.1) is 0 Å². The largest absolute Gasteiger partial charge is 0.356 e. The molecule has 0 spiro atoms. The second-order valence-corrected chi connectivity index (χ2v) is 14.5. The lowest BCUT2D eigenvalue weighted by atomic mass is 9.97. The van der Waals surface area contributed by atoms with Gasteiger partial charge in [0, 0.05) is 38.8 Å². The van der Waals surface area contributed by atoms with Gasteiger partial charge in [0.15, 0.2) is 0 Å². The molecule has 50 heavy (non-hydrogen) atoms. The molecular formula is C42H46N6O2. The highest BCUT2D eigenvalue weighted by Gasteiger charge is 2.24. The Hall–Kier alpha value is -4.98. The summed E-state index contributed by atoms with van der Waals surface area (Å²) in [6.07, 6.45) is 11.9. The maximum absolute atomic E-state index is 11.9. The Morgan fingerprint density at radius 2 is 0.980 bits per heavy atom. The highest BCUT2D eigenvalue weighted by atomic mass is 16.2. The Balaban J connectivity index is 0.869. The molecule has 2 aliphatic carbocycles. The molecule has 2 heterocycles. The standard InChI is InChI=1S/C42H46N6O2/c49-41(21-27-7-8-27)43-19-3-1-5-39-45-35-17-15-33(25-37(35)47-39)31-13-11-30-24-32(14-12-29(30)23-31)34-16-18-36-38(26-34)48-40(46-36)6-2-4-20-44-42(50)22-28-9-10-28/h11-18,23-28H,1-10,19-22H2,(H,43,49)(H,44,50)(H,45,47)(H,46,48). The zero-order chi connectivity index (χ0) is 33.9. The number of aromatic nitrogens is 4. The predicted octanol–water partition coefficient (Wildman–Crippen LogP) is 8.40. The lowest BCUT2D eigenvalue weighted by Gasteiger charge is -2.07. The van der Waals surface area contributed by atoms with Gasteiger partial charge in [0.25, 0.3) is 0 Å². The average molecular weight is 667 g/mol. The fourth-order valence-corrected chi connectivity index (χ4v) is 6.93. The molecule has 0 atom stereocenters. The third-order valence-corrected chi connectivity index (χ3v) is 10.2. The molecule has 2 amide bonds.